The number of allylic oxidation sites excluding steroid dienone is 1. The van der Waals surface area contributed by atoms with Crippen molar-refractivity contribution in [1.82, 2.24) is 0 Å². The van der Waals surface area contributed by atoms with Crippen LogP contribution in [0, 0.1) is 0 Å². The predicted molar refractivity (Wildman–Crippen MR) is 89.3 cm³/mol. The average molecular weight is 335 g/mol. The van der Waals surface area contributed by atoms with Crippen molar-refractivity contribution in [2.45, 2.75) is 6.92 Å². The number of esters is 1. The lowest BCUT2D eigenvalue weighted by atomic mass is 10.1. The number of aliphatic imine (C=N–C) groups is 1. The molecule has 0 saturated carbocycles. The lowest BCUT2D eigenvalue weighted by Gasteiger charge is -2.11. The van der Waals surface area contributed by atoms with Crippen LogP contribution in [0.3, 0.4) is 0 Å². The molecule has 0 aromatic heterocycles. The summed E-state index contributed by atoms with van der Waals surface area (Å²) in [4.78, 5) is 28.0. The normalized spacial score (nSPS) is 12.2. The molecule has 1 rings (SSSR count). The number of hydrogen-bond donors (Lipinski definition) is 2. The zero-order valence-corrected chi connectivity index (χ0v) is 14.1. The molecule has 1 aromatic rings. The summed E-state index contributed by atoms with van der Waals surface area (Å²) in [7, 11) is 4.34. The van der Waals surface area contributed by atoms with Gasteiger partial charge < -0.3 is 25.7 Å². The van der Waals surface area contributed by atoms with Crippen molar-refractivity contribution < 1.29 is 23.8 Å². The molecule has 0 aliphatic heterocycles. The van der Waals surface area contributed by atoms with E-state index in [-0.39, 0.29) is 22.7 Å². The van der Waals surface area contributed by atoms with E-state index in [1.165, 1.54) is 34.3 Å². The molecule has 130 valence electrons. The molecular weight excluding hydrogens is 314 g/mol. The van der Waals surface area contributed by atoms with Gasteiger partial charge in [0.15, 0.2) is 6.61 Å². The Morgan fingerprint density at radius 3 is 2.33 bits per heavy atom. The minimum atomic E-state index is -0.820. The molecule has 0 aliphatic carbocycles. The number of methoxy groups -OCH3 is 2. The van der Waals surface area contributed by atoms with Crippen molar-refractivity contribution in [2.75, 3.05) is 27.9 Å². The third-order valence-electron chi connectivity index (χ3n) is 3.14. The molecule has 4 N–H and O–H groups in total. The molecule has 24 heavy (non-hydrogen) atoms. The van der Waals surface area contributed by atoms with Crippen molar-refractivity contribution in [3.8, 4) is 11.5 Å². The van der Waals surface area contributed by atoms with Gasteiger partial charge in [-0.2, -0.15) is 0 Å². The maximum Gasteiger partial charge on any atom is 0.344 e. The third-order valence-corrected chi connectivity index (χ3v) is 3.14. The van der Waals surface area contributed by atoms with Gasteiger partial charge in [-0.3, -0.25) is 9.79 Å². The van der Waals surface area contributed by atoms with Gasteiger partial charge in [-0.1, -0.05) is 0 Å². The summed E-state index contributed by atoms with van der Waals surface area (Å²) in [6.45, 7) is 0.998. The first-order valence-corrected chi connectivity index (χ1v) is 6.97. The minimum Gasteiger partial charge on any atom is -0.497 e. The number of nitrogens with two attached hydrogens (primary N) is 2. The molecule has 0 unspecified atom stereocenters. The summed E-state index contributed by atoms with van der Waals surface area (Å²) < 4.78 is 15.2. The van der Waals surface area contributed by atoms with Gasteiger partial charge >= 0.3 is 5.97 Å². The molecule has 0 fully saturated rings. The van der Waals surface area contributed by atoms with Crippen LogP contribution in [0.5, 0.6) is 11.5 Å². The fourth-order valence-corrected chi connectivity index (χ4v) is 1.89. The van der Waals surface area contributed by atoms with Crippen LogP contribution in [-0.4, -0.2) is 45.5 Å². The summed E-state index contributed by atoms with van der Waals surface area (Å²) in [5, 5.41) is 0. The molecule has 0 heterocycles. The van der Waals surface area contributed by atoms with E-state index < -0.39 is 18.4 Å². The number of ketones is 1. The van der Waals surface area contributed by atoms with Crippen LogP contribution in [0.15, 0.2) is 34.5 Å². The van der Waals surface area contributed by atoms with Crippen molar-refractivity contribution in [3.05, 3.63) is 35.0 Å². The van der Waals surface area contributed by atoms with E-state index in [4.69, 9.17) is 25.7 Å². The highest BCUT2D eigenvalue weighted by molar-refractivity contribution is 6.19. The maximum absolute atomic E-state index is 12.3. The number of carbonyl (C=O) groups excluding carboxylic acids is 2. The number of amidine groups is 1. The Kier molecular flexibility index (Phi) is 6.79. The number of Topliss-reactive ketones (excluding diaryl/α,β-unsaturated/α-hetero) is 1. The number of nitrogens with zero attached hydrogens (tertiary/aromatic N) is 1. The molecule has 0 atom stereocenters. The average Bonchev–Trinajstić information content (AvgIpc) is 2.58. The summed E-state index contributed by atoms with van der Waals surface area (Å²) in [5.74, 6) is -0.468. The van der Waals surface area contributed by atoms with Gasteiger partial charge in [-0.05, 0) is 19.1 Å². The minimum absolute atomic E-state index is 0.0607. The summed E-state index contributed by atoms with van der Waals surface area (Å²) in [5.41, 5.74) is 11.6. The first-order valence-electron chi connectivity index (χ1n) is 6.97. The van der Waals surface area contributed by atoms with Gasteiger partial charge in [-0.15, -0.1) is 0 Å². The van der Waals surface area contributed by atoms with Crippen molar-refractivity contribution in [3.63, 3.8) is 0 Å². The molecule has 0 spiro atoms. The SMILES string of the molecule is CN=C(N)C(C(=O)OCC(=O)c1ccc(OC)cc1OC)=C(C)N. The molecule has 8 heteroatoms. The smallest absolute Gasteiger partial charge is 0.344 e. The monoisotopic (exact) mass is 335 g/mol. The molecular formula is C16H21N3O5. The van der Waals surface area contributed by atoms with E-state index in [0.717, 1.165) is 0 Å². The fraction of sp³-hybridized carbons (Fsp3) is 0.312. The van der Waals surface area contributed by atoms with E-state index in [2.05, 4.69) is 4.99 Å². The van der Waals surface area contributed by atoms with E-state index >= 15 is 0 Å². The van der Waals surface area contributed by atoms with Crippen molar-refractivity contribution in [2.24, 2.45) is 16.5 Å². The van der Waals surface area contributed by atoms with E-state index in [0.29, 0.717) is 11.5 Å². The zero-order valence-electron chi connectivity index (χ0n) is 14.1. The fourth-order valence-electron chi connectivity index (χ4n) is 1.89. The van der Waals surface area contributed by atoms with E-state index in [1.54, 1.807) is 12.1 Å². The van der Waals surface area contributed by atoms with Crippen LogP contribution >= 0.6 is 0 Å². The molecule has 0 saturated heterocycles. The van der Waals surface area contributed by atoms with Crippen LogP contribution in [0.2, 0.25) is 0 Å². The number of rotatable bonds is 7. The lowest BCUT2D eigenvalue weighted by molar-refractivity contribution is -0.137. The maximum atomic E-state index is 12.3. The van der Waals surface area contributed by atoms with Crippen molar-refractivity contribution in [1.29, 1.82) is 0 Å². The topological polar surface area (TPSA) is 126 Å². The predicted octanol–water partition coefficient (Wildman–Crippen LogP) is 0.649. The Hall–Kier alpha value is -3.03. The first-order chi connectivity index (χ1) is 11.3. The highest BCUT2D eigenvalue weighted by Gasteiger charge is 2.20. The van der Waals surface area contributed by atoms with E-state index in [1.807, 2.05) is 0 Å². The highest BCUT2D eigenvalue weighted by Crippen LogP contribution is 2.25. The molecule has 0 amide bonds. The molecule has 0 bridgehead atoms. The third kappa shape index (κ3) is 4.48. The zero-order chi connectivity index (χ0) is 18.3. The molecule has 1 aromatic carbocycles. The second-order valence-corrected chi connectivity index (χ2v) is 4.73. The van der Waals surface area contributed by atoms with Crippen LogP contribution in [0.25, 0.3) is 0 Å². The van der Waals surface area contributed by atoms with Gasteiger partial charge in [0, 0.05) is 18.8 Å². The number of benzene rings is 1. The van der Waals surface area contributed by atoms with Crippen LogP contribution in [-0.2, 0) is 9.53 Å². The Balaban J connectivity index is 2.90. The summed E-state index contributed by atoms with van der Waals surface area (Å²) in [6, 6.07) is 4.70. The quantitative estimate of drug-likeness (QED) is 0.246. The highest BCUT2D eigenvalue weighted by atomic mass is 16.5. The van der Waals surface area contributed by atoms with Crippen LogP contribution < -0.4 is 20.9 Å². The number of ether oxygens (including phenoxy) is 3. The van der Waals surface area contributed by atoms with Crippen LogP contribution in [0.1, 0.15) is 17.3 Å². The summed E-state index contributed by atoms with van der Waals surface area (Å²) in [6.07, 6.45) is 0. The first kappa shape index (κ1) is 19.0. The van der Waals surface area contributed by atoms with Crippen molar-refractivity contribution >= 4 is 17.6 Å². The van der Waals surface area contributed by atoms with Gasteiger partial charge in [0.2, 0.25) is 5.78 Å². The van der Waals surface area contributed by atoms with Crippen LogP contribution in [0.4, 0.5) is 0 Å². The Bertz CT molecular complexity index is 691. The second-order valence-electron chi connectivity index (χ2n) is 4.73. The standard InChI is InChI=1S/C16H21N3O5/c1-9(17)14(15(18)19-2)16(21)24-8-12(20)11-6-5-10(22-3)7-13(11)23-4/h5-7H,8,17H2,1-4H3,(H2,18,19). The molecule has 0 aliphatic rings. The lowest BCUT2D eigenvalue weighted by Crippen LogP contribution is -2.27. The largest absolute Gasteiger partial charge is 0.497 e. The molecule has 0 radical (unpaired) electrons. The second kappa shape index (κ2) is 8.56. The van der Waals surface area contributed by atoms with Gasteiger partial charge in [0.1, 0.15) is 22.9 Å². The molecule has 8 nitrogen and oxygen atoms in total. The Labute approximate surface area is 140 Å². The summed E-state index contributed by atoms with van der Waals surface area (Å²) >= 11 is 0. The van der Waals surface area contributed by atoms with E-state index in [9.17, 15) is 9.59 Å². The van der Waals surface area contributed by atoms with Gasteiger partial charge in [0.25, 0.3) is 0 Å². The van der Waals surface area contributed by atoms with Gasteiger partial charge in [0.05, 0.1) is 19.8 Å². The Morgan fingerprint density at radius 1 is 1.17 bits per heavy atom. The number of hydrogen-bond acceptors (Lipinski definition) is 7. The Morgan fingerprint density at radius 2 is 1.83 bits per heavy atom. The van der Waals surface area contributed by atoms with Gasteiger partial charge in [-0.25, -0.2) is 4.79 Å². The number of carbonyl (C=O) groups is 2.